The first-order valence-electron chi connectivity index (χ1n) is 15.4. The molecule has 4 rings (SSSR count). The predicted octanol–water partition coefficient (Wildman–Crippen LogP) is 5.80. The topological polar surface area (TPSA) is 86.6 Å². The maximum Gasteiger partial charge on any atom is 0.220 e. The van der Waals surface area contributed by atoms with Gasteiger partial charge in [-0.05, 0) is 85.4 Å². The second-order valence-electron chi connectivity index (χ2n) is 13.5. The van der Waals surface area contributed by atoms with E-state index in [1.165, 1.54) is 64.2 Å². The van der Waals surface area contributed by atoms with Crippen LogP contribution in [0.1, 0.15) is 123 Å². The molecule has 0 radical (unpaired) electrons. The molecule has 0 spiro atoms. The third kappa shape index (κ3) is 5.87. The molecule has 0 heterocycles. The molecule has 0 aromatic heterocycles. The van der Waals surface area contributed by atoms with Crippen LogP contribution < -0.4 is 5.32 Å². The smallest absolute Gasteiger partial charge is 0.220 e. The molecule has 0 aliphatic heterocycles. The average molecular weight is 504 g/mol. The first-order chi connectivity index (χ1) is 17.3. The highest BCUT2D eigenvalue weighted by Crippen LogP contribution is 2.67. The molecule has 36 heavy (non-hydrogen) atoms. The molecule has 1 amide bonds. The summed E-state index contributed by atoms with van der Waals surface area (Å²) in [6.07, 6.45) is 18.7. The van der Waals surface area contributed by atoms with Crippen LogP contribution in [0, 0.1) is 40.4 Å². The lowest BCUT2D eigenvalue weighted by Gasteiger charge is -2.62. The molecule has 5 heteroatoms. The summed E-state index contributed by atoms with van der Waals surface area (Å²) in [6, 6.07) is 0. The van der Waals surface area contributed by atoms with Crippen LogP contribution in [-0.4, -0.2) is 41.2 Å². The third-order valence-electron chi connectivity index (χ3n) is 11.5. The van der Waals surface area contributed by atoms with E-state index in [4.69, 9.17) is 5.11 Å². The summed E-state index contributed by atoms with van der Waals surface area (Å²) >= 11 is 0. The number of carbonyl (C=O) groups excluding carboxylic acids is 2. The lowest BCUT2D eigenvalue weighted by molar-refractivity contribution is -0.156. The van der Waals surface area contributed by atoms with Crippen molar-refractivity contribution < 1.29 is 19.8 Å². The minimum absolute atomic E-state index is 0.00796. The summed E-state index contributed by atoms with van der Waals surface area (Å²) in [5.41, 5.74) is 0.445. The van der Waals surface area contributed by atoms with E-state index >= 15 is 0 Å². The molecule has 4 saturated carbocycles. The second-order valence-corrected chi connectivity index (χ2v) is 13.5. The number of Topliss-reactive ketones (excluding diaryl/α,β-unsaturated/α-hetero) is 1. The fourth-order valence-corrected chi connectivity index (χ4v) is 9.35. The Balaban J connectivity index is 1.26. The normalized spacial score (nSPS) is 39.8. The van der Waals surface area contributed by atoms with Crippen LogP contribution in [0.2, 0.25) is 0 Å². The summed E-state index contributed by atoms with van der Waals surface area (Å²) < 4.78 is 0. The zero-order valence-electron chi connectivity index (χ0n) is 23.1. The van der Waals surface area contributed by atoms with Gasteiger partial charge in [0.25, 0.3) is 0 Å². The van der Waals surface area contributed by atoms with Crippen molar-refractivity contribution in [3.8, 4) is 0 Å². The first-order valence-corrected chi connectivity index (χ1v) is 15.4. The van der Waals surface area contributed by atoms with E-state index in [-0.39, 0.29) is 24.0 Å². The number of ketones is 1. The molecule has 0 aromatic carbocycles. The molecule has 0 bridgehead atoms. The number of carbonyl (C=O) groups is 2. The van der Waals surface area contributed by atoms with Crippen LogP contribution in [0.4, 0.5) is 0 Å². The van der Waals surface area contributed by atoms with E-state index in [0.717, 1.165) is 56.3 Å². The van der Waals surface area contributed by atoms with Gasteiger partial charge >= 0.3 is 0 Å². The average Bonchev–Trinajstić information content (AvgIpc) is 3.16. The van der Waals surface area contributed by atoms with Gasteiger partial charge in [-0.1, -0.05) is 58.8 Å². The number of amides is 1. The van der Waals surface area contributed by atoms with Gasteiger partial charge in [0.1, 0.15) is 5.78 Å². The van der Waals surface area contributed by atoms with E-state index < -0.39 is 0 Å². The third-order valence-corrected chi connectivity index (χ3v) is 11.5. The lowest BCUT2D eigenvalue weighted by Crippen LogP contribution is -2.57. The Labute approximate surface area is 219 Å². The standard InChI is InChI=1S/C31H53NO4/c1-30-16-14-24(34)21-23(30)20-22(29-25-12-13-27(35)31(25,2)17-15-26(29)30)10-8-6-4-3-5-7-9-11-28(36)32-18-19-33/h22-23,25-27,29,33,35H,3-21H2,1-2H3,(H,32,36)/t22-,23+,25+,26+,27+,29+,30+,31+/m1/s1. The Morgan fingerprint density at radius 2 is 1.64 bits per heavy atom. The zero-order chi connectivity index (χ0) is 25.8. The molecule has 8 atom stereocenters. The fraction of sp³-hybridized carbons (Fsp3) is 0.935. The van der Waals surface area contributed by atoms with Gasteiger partial charge in [-0.25, -0.2) is 0 Å². The van der Waals surface area contributed by atoms with Crippen molar-refractivity contribution in [1.82, 2.24) is 5.32 Å². The SMILES string of the molecule is C[C@]12CCC(=O)C[C@@H]1C[C@@H](CCCCCCCCCC(=O)NCCO)[C@@H]1[C@@H]2CC[C@]2(C)[C@@H](O)CC[C@@H]12. The molecule has 4 aliphatic rings. The van der Waals surface area contributed by atoms with E-state index in [2.05, 4.69) is 19.2 Å². The van der Waals surface area contributed by atoms with Crippen molar-refractivity contribution in [2.24, 2.45) is 40.4 Å². The van der Waals surface area contributed by atoms with Gasteiger partial charge in [0.05, 0.1) is 12.7 Å². The van der Waals surface area contributed by atoms with Crippen molar-refractivity contribution in [3.63, 3.8) is 0 Å². The molecule has 4 fully saturated rings. The number of rotatable bonds is 12. The van der Waals surface area contributed by atoms with E-state index in [0.29, 0.717) is 36.0 Å². The van der Waals surface area contributed by atoms with Gasteiger partial charge < -0.3 is 15.5 Å². The first kappa shape index (κ1) is 28.1. The molecule has 4 aliphatic carbocycles. The molecular formula is C31H53NO4. The van der Waals surface area contributed by atoms with Crippen LogP contribution in [0.25, 0.3) is 0 Å². The molecule has 0 aromatic rings. The number of aliphatic hydroxyl groups is 2. The van der Waals surface area contributed by atoms with Gasteiger partial charge in [-0.3, -0.25) is 9.59 Å². The molecule has 5 nitrogen and oxygen atoms in total. The highest BCUT2D eigenvalue weighted by Gasteiger charge is 2.62. The maximum absolute atomic E-state index is 12.4. The Hall–Kier alpha value is -0.940. The summed E-state index contributed by atoms with van der Waals surface area (Å²) in [7, 11) is 0. The molecule has 3 N–H and O–H groups in total. The molecular weight excluding hydrogens is 450 g/mol. The monoisotopic (exact) mass is 503 g/mol. The molecule has 206 valence electrons. The largest absolute Gasteiger partial charge is 0.395 e. The van der Waals surface area contributed by atoms with Gasteiger partial charge in [0.2, 0.25) is 5.91 Å². The lowest BCUT2D eigenvalue weighted by atomic mass is 9.42. The van der Waals surface area contributed by atoms with E-state index in [9.17, 15) is 14.7 Å². The molecule has 0 unspecified atom stereocenters. The zero-order valence-corrected chi connectivity index (χ0v) is 23.1. The minimum Gasteiger partial charge on any atom is -0.395 e. The number of aliphatic hydroxyl groups excluding tert-OH is 2. The second kappa shape index (κ2) is 12.3. The summed E-state index contributed by atoms with van der Waals surface area (Å²) in [5, 5.41) is 22.4. The van der Waals surface area contributed by atoms with Gasteiger partial charge in [0, 0.05) is 25.8 Å². The van der Waals surface area contributed by atoms with Gasteiger partial charge in [-0.15, -0.1) is 0 Å². The van der Waals surface area contributed by atoms with Gasteiger partial charge in [0.15, 0.2) is 0 Å². The summed E-state index contributed by atoms with van der Waals surface area (Å²) in [5.74, 6) is 4.01. The van der Waals surface area contributed by atoms with E-state index in [1.54, 1.807) is 0 Å². The summed E-state index contributed by atoms with van der Waals surface area (Å²) in [6.45, 7) is 5.28. The number of fused-ring (bicyclic) bond motifs is 5. The quantitative estimate of drug-likeness (QED) is 0.294. The number of unbranched alkanes of at least 4 members (excludes halogenated alkanes) is 6. The van der Waals surface area contributed by atoms with Crippen molar-refractivity contribution in [3.05, 3.63) is 0 Å². The fourth-order valence-electron chi connectivity index (χ4n) is 9.35. The van der Waals surface area contributed by atoms with E-state index in [1.807, 2.05) is 0 Å². The Bertz CT molecular complexity index is 755. The number of hydrogen-bond acceptors (Lipinski definition) is 4. The summed E-state index contributed by atoms with van der Waals surface area (Å²) in [4.78, 5) is 24.0. The van der Waals surface area contributed by atoms with Crippen LogP contribution >= 0.6 is 0 Å². The van der Waals surface area contributed by atoms with Crippen molar-refractivity contribution >= 4 is 11.7 Å². The molecule has 0 saturated heterocycles. The number of nitrogens with one attached hydrogen (secondary N) is 1. The van der Waals surface area contributed by atoms with Crippen LogP contribution in [-0.2, 0) is 9.59 Å². The number of hydrogen-bond donors (Lipinski definition) is 3. The van der Waals surface area contributed by atoms with Crippen molar-refractivity contribution in [2.45, 2.75) is 129 Å². The Morgan fingerprint density at radius 3 is 2.39 bits per heavy atom. The maximum atomic E-state index is 12.4. The van der Waals surface area contributed by atoms with Crippen molar-refractivity contribution in [2.75, 3.05) is 13.2 Å². The van der Waals surface area contributed by atoms with Crippen LogP contribution in [0.3, 0.4) is 0 Å². The minimum atomic E-state index is -0.122. The van der Waals surface area contributed by atoms with Crippen LogP contribution in [0.15, 0.2) is 0 Å². The Morgan fingerprint density at radius 1 is 0.944 bits per heavy atom. The van der Waals surface area contributed by atoms with Crippen LogP contribution in [0.5, 0.6) is 0 Å². The highest BCUT2D eigenvalue weighted by atomic mass is 16.3. The van der Waals surface area contributed by atoms with Crippen molar-refractivity contribution in [1.29, 1.82) is 0 Å². The highest BCUT2D eigenvalue weighted by molar-refractivity contribution is 5.79. The Kier molecular flexibility index (Phi) is 9.58. The predicted molar refractivity (Wildman–Crippen MR) is 143 cm³/mol. The van der Waals surface area contributed by atoms with Gasteiger partial charge in [-0.2, -0.15) is 0 Å².